The molecule has 4 rings (SSSR count). The molecule has 2 heterocycles. The molecule has 8 heteroatoms. The highest BCUT2D eigenvalue weighted by Crippen LogP contribution is 2.39. The van der Waals surface area contributed by atoms with Crippen LogP contribution in [0.25, 0.3) is 21.9 Å². The first kappa shape index (κ1) is 17.8. The van der Waals surface area contributed by atoms with Gasteiger partial charge >= 0.3 is 7.60 Å². The average molecular weight is 388 g/mol. The summed E-state index contributed by atoms with van der Waals surface area (Å²) in [5, 5.41) is 0.530. The van der Waals surface area contributed by atoms with Crippen molar-refractivity contribution in [2.75, 3.05) is 0 Å². The van der Waals surface area contributed by atoms with Crippen LogP contribution in [0.15, 0.2) is 54.7 Å². The molecule has 0 amide bonds. The van der Waals surface area contributed by atoms with Crippen molar-refractivity contribution < 1.29 is 23.1 Å². The highest BCUT2D eigenvalue weighted by molar-refractivity contribution is 7.50. The Labute approximate surface area is 153 Å². The van der Waals surface area contributed by atoms with Crippen LogP contribution in [0.5, 0.6) is 0 Å². The lowest BCUT2D eigenvalue weighted by Crippen LogP contribution is -2.00. The van der Waals surface area contributed by atoms with Crippen LogP contribution in [0.3, 0.4) is 0 Å². The number of fused-ring (bicyclic) bond motifs is 3. The fourth-order valence-electron chi connectivity index (χ4n) is 3.24. The number of rotatable bonds is 4. The molecule has 27 heavy (non-hydrogen) atoms. The summed E-state index contributed by atoms with van der Waals surface area (Å²) >= 11 is 0. The first-order valence-corrected chi connectivity index (χ1v) is 9.96. The first-order valence-electron chi connectivity index (χ1n) is 8.16. The van der Waals surface area contributed by atoms with Gasteiger partial charge in [0, 0.05) is 24.2 Å². The zero-order valence-corrected chi connectivity index (χ0v) is 14.9. The fourth-order valence-corrected chi connectivity index (χ4v) is 3.93. The maximum atomic E-state index is 13.8. The summed E-state index contributed by atoms with van der Waals surface area (Å²) in [6.07, 6.45) is 1.28. The highest BCUT2D eigenvalue weighted by atomic mass is 31.2. The van der Waals surface area contributed by atoms with Gasteiger partial charge in [-0.1, -0.05) is 24.3 Å². The molecule has 0 aliphatic rings. The van der Waals surface area contributed by atoms with Gasteiger partial charge in [0.15, 0.2) is 11.6 Å². The zero-order valence-electron chi connectivity index (χ0n) is 14.0. The third kappa shape index (κ3) is 3.49. The van der Waals surface area contributed by atoms with E-state index in [0.717, 1.165) is 23.2 Å². The lowest BCUT2D eigenvalue weighted by Gasteiger charge is -2.09. The Bertz CT molecular complexity index is 1200. The predicted octanol–water partition coefficient (Wildman–Crippen LogP) is 4.19. The number of aromatic nitrogens is 2. The van der Waals surface area contributed by atoms with Crippen molar-refractivity contribution in [2.45, 2.75) is 12.7 Å². The van der Waals surface area contributed by atoms with Crippen molar-refractivity contribution in [3.8, 4) is 0 Å². The quantitative estimate of drug-likeness (QED) is 0.514. The monoisotopic (exact) mass is 388 g/mol. The summed E-state index contributed by atoms with van der Waals surface area (Å²) in [4.78, 5) is 22.4. The number of halogens is 2. The zero-order chi connectivity index (χ0) is 19.2. The Morgan fingerprint density at radius 2 is 1.63 bits per heavy atom. The minimum atomic E-state index is -4.13. The van der Waals surface area contributed by atoms with Gasteiger partial charge in [-0.2, -0.15) is 0 Å². The maximum absolute atomic E-state index is 13.8. The van der Waals surface area contributed by atoms with Crippen LogP contribution < -0.4 is 0 Å². The largest absolute Gasteiger partial charge is 0.335 e. The van der Waals surface area contributed by atoms with Crippen molar-refractivity contribution >= 4 is 29.5 Å². The van der Waals surface area contributed by atoms with Gasteiger partial charge < -0.3 is 14.4 Å². The average Bonchev–Trinajstić information content (AvgIpc) is 2.89. The van der Waals surface area contributed by atoms with E-state index >= 15 is 0 Å². The summed E-state index contributed by atoms with van der Waals surface area (Å²) in [6.45, 7) is 0.382. The van der Waals surface area contributed by atoms with Gasteiger partial charge in [-0.25, -0.2) is 8.78 Å². The molecular weight excluding hydrogens is 373 g/mol. The summed E-state index contributed by atoms with van der Waals surface area (Å²) in [6, 6.07) is 12.7. The van der Waals surface area contributed by atoms with Gasteiger partial charge in [-0.3, -0.25) is 9.55 Å². The van der Waals surface area contributed by atoms with E-state index in [-0.39, 0.29) is 6.16 Å². The number of benzene rings is 2. The van der Waals surface area contributed by atoms with Crippen molar-refractivity contribution in [1.82, 2.24) is 9.55 Å². The first-order chi connectivity index (χ1) is 12.8. The minimum Gasteiger partial charge on any atom is -0.335 e. The summed E-state index contributed by atoms with van der Waals surface area (Å²) in [7, 11) is -4.13. The number of pyridine rings is 1. The second-order valence-electron chi connectivity index (χ2n) is 6.38. The van der Waals surface area contributed by atoms with Crippen molar-refractivity contribution in [3.63, 3.8) is 0 Å². The van der Waals surface area contributed by atoms with E-state index in [0.29, 0.717) is 28.5 Å². The van der Waals surface area contributed by atoms with Gasteiger partial charge in [0.25, 0.3) is 0 Å². The Morgan fingerprint density at radius 1 is 0.963 bits per heavy atom. The lowest BCUT2D eigenvalue weighted by atomic mass is 10.1. The van der Waals surface area contributed by atoms with Crippen molar-refractivity contribution in [3.05, 3.63) is 77.5 Å². The number of nitrogens with zero attached hydrogens (tertiary/aromatic N) is 2. The normalized spacial score (nSPS) is 12.1. The van der Waals surface area contributed by atoms with E-state index in [4.69, 9.17) is 9.79 Å². The predicted molar refractivity (Wildman–Crippen MR) is 98.4 cm³/mol. The number of hydrogen-bond donors (Lipinski definition) is 2. The SMILES string of the molecule is O=P(O)(O)Cc1ccc(Cn2c3cc(F)c(F)cc3c3ncccc32)cc1. The second kappa shape index (κ2) is 6.53. The molecule has 0 atom stereocenters. The minimum absolute atomic E-state index is 0.322. The van der Waals surface area contributed by atoms with Gasteiger partial charge in [0.2, 0.25) is 0 Å². The maximum Gasteiger partial charge on any atom is 0.329 e. The van der Waals surface area contributed by atoms with E-state index in [1.165, 1.54) is 0 Å². The van der Waals surface area contributed by atoms with Gasteiger partial charge in [-0.05, 0) is 29.3 Å². The molecule has 0 aliphatic heterocycles. The third-order valence-electron chi connectivity index (χ3n) is 4.41. The molecule has 0 radical (unpaired) electrons. The van der Waals surface area contributed by atoms with E-state index in [1.54, 1.807) is 36.5 Å². The van der Waals surface area contributed by atoms with Crippen LogP contribution in [-0.2, 0) is 17.3 Å². The third-order valence-corrected chi connectivity index (χ3v) is 5.19. The topological polar surface area (TPSA) is 75.3 Å². The molecule has 2 aromatic heterocycles. The smallest absolute Gasteiger partial charge is 0.329 e. The van der Waals surface area contributed by atoms with Crippen LogP contribution in [0.1, 0.15) is 11.1 Å². The molecule has 4 aromatic rings. The molecular formula is C19H15F2N2O3P. The van der Waals surface area contributed by atoms with E-state index in [9.17, 15) is 13.3 Å². The second-order valence-corrected chi connectivity index (χ2v) is 8.03. The van der Waals surface area contributed by atoms with Crippen LogP contribution in [0.4, 0.5) is 8.78 Å². The van der Waals surface area contributed by atoms with Crippen molar-refractivity contribution in [2.24, 2.45) is 0 Å². The molecule has 0 saturated carbocycles. The molecule has 0 saturated heterocycles. The molecule has 0 aliphatic carbocycles. The molecule has 5 nitrogen and oxygen atoms in total. The Kier molecular flexibility index (Phi) is 4.30. The highest BCUT2D eigenvalue weighted by Gasteiger charge is 2.16. The van der Waals surface area contributed by atoms with Crippen LogP contribution >= 0.6 is 7.60 Å². The van der Waals surface area contributed by atoms with E-state index in [1.807, 2.05) is 10.6 Å². The van der Waals surface area contributed by atoms with Crippen LogP contribution in [0.2, 0.25) is 0 Å². The molecule has 0 spiro atoms. The Balaban J connectivity index is 1.79. The molecule has 2 aromatic carbocycles. The van der Waals surface area contributed by atoms with E-state index < -0.39 is 19.2 Å². The van der Waals surface area contributed by atoms with Gasteiger partial charge in [0.1, 0.15) is 0 Å². The molecule has 0 fully saturated rings. The van der Waals surface area contributed by atoms with E-state index in [2.05, 4.69) is 4.98 Å². The Morgan fingerprint density at radius 3 is 2.33 bits per heavy atom. The lowest BCUT2D eigenvalue weighted by molar-refractivity contribution is 0.371. The van der Waals surface area contributed by atoms with Gasteiger partial charge in [0.05, 0.1) is 22.7 Å². The summed E-state index contributed by atoms with van der Waals surface area (Å²) in [5.41, 5.74) is 3.25. The van der Waals surface area contributed by atoms with Crippen LogP contribution in [-0.4, -0.2) is 19.3 Å². The number of hydrogen-bond acceptors (Lipinski definition) is 2. The molecule has 138 valence electrons. The Hall–Kier alpha value is -2.60. The standard InChI is InChI=1S/C19H15F2N2O3P/c20-15-8-14-18(9-16(15)21)23(17-2-1-7-22-19(14)17)10-12-3-5-13(6-4-12)11-27(24,25)26/h1-9H,10-11H2,(H2,24,25,26). The molecule has 0 bridgehead atoms. The van der Waals surface area contributed by atoms with Crippen LogP contribution in [0, 0.1) is 11.6 Å². The summed E-state index contributed by atoms with van der Waals surface area (Å²) in [5.74, 6) is -1.85. The molecule has 2 N–H and O–H groups in total. The fraction of sp³-hybridized carbons (Fsp3) is 0.105. The van der Waals surface area contributed by atoms with Crippen molar-refractivity contribution in [1.29, 1.82) is 0 Å². The summed E-state index contributed by atoms with van der Waals surface area (Å²) < 4.78 is 40.5. The molecule has 0 unspecified atom stereocenters. The van der Waals surface area contributed by atoms with Gasteiger partial charge in [-0.15, -0.1) is 0 Å².